The van der Waals surface area contributed by atoms with E-state index in [0.29, 0.717) is 0 Å². The fourth-order valence-corrected chi connectivity index (χ4v) is 5.37. The molecule has 0 aliphatic carbocycles. The van der Waals surface area contributed by atoms with Gasteiger partial charge in [0.05, 0.1) is 0 Å². The Morgan fingerprint density at radius 1 is 1.00 bits per heavy atom. The molecular formula is C12H26BrPPd. The first kappa shape index (κ1) is 21.6. The van der Waals surface area contributed by atoms with Crippen molar-refractivity contribution in [3.8, 4) is 0 Å². The zero-order valence-corrected chi connectivity index (χ0v) is 14.9. The molecule has 0 heterocycles. The van der Waals surface area contributed by atoms with Crippen molar-refractivity contribution in [2.45, 2.75) is 63.4 Å². The van der Waals surface area contributed by atoms with Gasteiger partial charge in [0.25, 0.3) is 0 Å². The minimum atomic E-state index is 0. The number of halogens is 1. The second-order valence-electron chi connectivity index (χ2n) is 4.15. The Kier molecular flexibility index (Phi) is 19.2. The first-order valence-corrected chi connectivity index (χ1v) is 7.93. The molecule has 0 saturated heterocycles. The zero-order chi connectivity index (χ0) is 11.7. The summed E-state index contributed by atoms with van der Waals surface area (Å²) >= 11 is 2.92. The minimum Gasteiger partial charge on any atom is -1.00 e. The molecular weight excluding hydrogens is 361 g/mol. The van der Waals surface area contributed by atoms with Gasteiger partial charge in [-0.3, -0.25) is 0 Å². The Hall–Kier alpha value is 1.31. The van der Waals surface area contributed by atoms with E-state index in [1.165, 1.54) is 0 Å². The molecule has 0 bridgehead atoms. The summed E-state index contributed by atoms with van der Waals surface area (Å²) in [4.78, 5) is 0.933. The molecule has 96 valence electrons. The Bertz CT molecular complexity index is 117. The monoisotopic (exact) mass is 386 g/mol. The van der Waals surface area contributed by atoms with Gasteiger partial charge in [0.15, 0.2) is 0 Å². The predicted octanol–water partition coefficient (Wildman–Crippen LogP) is 1.83. The average molecular weight is 388 g/mol. The molecule has 0 aliphatic rings. The van der Waals surface area contributed by atoms with Crippen LogP contribution in [0.2, 0.25) is 4.89 Å². The quantitative estimate of drug-likeness (QED) is 0.392. The van der Waals surface area contributed by atoms with Crippen molar-refractivity contribution < 1.29 is 36.2 Å². The number of allylic oxidation sites excluding steroid dienone is 1. The second-order valence-corrected chi connectivity index (χ2v) is 8.77. The molecule has 0 aromatic carbocycles. The molecule has 0 atom stereocenters. The van der Waals surface area contributed by atoms with Crippen LogP contribution in [-0.2, 0) is 19.2 Å². The maximum absolute atomic E-state index is 3.44. The second kappa shape index (κ2) is 13.4. The van der Waals surface area contributed by atoms with Gasteiger partial charge < -0.3 is 17.0 Å². The van der Waals surface area contributed by atoms with Crippen molar-refractivity contribution in [3.63, 3.8) is 0 Å². The van der Waals surface area contributed by atoms with Crippen LogP contribution in [-0.4, -0.2) is 17.0 Å². The Labute approximate surface area is 120 Å². The maximum Gasteiger partial charge on any atom is -0.0261 e. The molecule has 15 heavy (non-hydrogen) atoms. The molecule has 0 nitrogen and oxygen atoms in total. The van der Waals surface area contributed by atoms with Crippen LogP contribution in [0.1, 0.15) is 41.5 Å². The van der Waals surface area contributed by atoms with Crippen molar-refractivity contribution >= 4 is 7.92 Å². The smallest absolute Gasteiger partial charge is 0.0261 e. The molecule has 0 N–H and O–H groups in total. The van der Waals surface area contributed by atoms with Gasteiger partial charge in [-0.05, 0) is 17.0 Å². The first-order chi connectivity index (χ1) is 6.38. The van der Waals surface area contributed by atoms with Crippen LogP contribution in [0.15, 0.2) is 12.7 Å². The first-order valence-electron chi connectivity index (χ1n) is 5.28. The molecule has 0 unspecified atom stereocenters. The summed E-state index contributed by atoms with van der Waals surface area (Å²) in [6.07, 6.45) is 1.81. The predicted molar refractivity (Wildman–Crippen MR) is 67.3 cm³/mol. The van der Waals surface area contributed by atoms with Crippen LogP contribution in [0.5, 0.6) is 0 Å². The summed E-state index contributed by atoms with van der Waals surface area (Å²) in [5, 5.41) is 0. The van der Waals surface area contributed by atoms with Gasteiger partial charge in [0, 0.05) is 0 Å². The third-order valence-corrected chi connectivity index (χ3v) is 5.91. The topological polar surface area (TPSA) is 0 Å². The number of hydrogen-bond donors (Lipinski definition) is 0. The van der Waals surface area contributed by atoms with E-state index in [2.05, 4.69) is 67.3 Å². The van der Waals surface area contributed by atoms with Gasteiger partial charge in [0.1, 0.15) is 0 Å². The minimum absolute atomic E-state index is 0. The zero-order valence-electron chi connectivity index (χ0n) is 10.9. The van der Waals surface area contributed by atoms with Crippen LogP contribution in [0.4, 0.5) is 0 Å². The summed E-state index contributed by atoms with van der Waals surface area (Å²) in [5.41, 5.74) is 2.69. The van der Waals surface area contributed by atoms with Crippen molar-refractivity contribution in [1.29, 1.82) is 0 Å². The third-order valence-electron chi connectivity index (χ3n) is 1.88. The number of hydrogen-bond acceptors (Lipinski definition) is 0. The van der Waals surface area contributed by atoms with E-state index in [0.717, 1.165) is 21.9 Å². The maximum atomic E-state index is 3.44. The molecule has 0 radical (unpaired) electrons. The Morgan fingerprint density at radius 3 is 1.20 bits per heavy atom. The van der Waals surface area contributed by atoms with E-state index >= 15 is 0 Å². The summed E-state index contributed by atoms with van der Waals surface area (Å²) in [6, 6.07) is 0. The van der Waals surface area contributed by atoms with E-state index in [4.69, 9.17) is 0 Å². The molecule has 0 aromatic rings. The van der Waals surface area contributed by atoms with Gasteiger partial charge in [-0.15, -0.1) is 0 Å². The molecule has 0 aliphatic heterocycles. The van der Waals surface area contributed by atoms with Crippen LogP contribution < -0.4 is 17.0 Å². The molecule has 0 spiro atoms. The van der Waals surface area contributed by atoms with Crippen LogP contribution >= 0.6 is 7.92 Å². The van der Waals surface area contributed by atoms with Crippen LogP contribution in [0, 0.1) is 0 Å². The Morgan fingerprint density at radius 2 is 1.20 bits per heavy atom. The van der Waals surface area contributed by atoms with E-state index < -0.39 is 0 Å². The van der Waals surface area contributed by atoms with Crippen LogP contribution in [0.25, 0.3) is 0 Å². The molecule has 0 rings (SSSR count). The fourth-order valence-electron chi connectivity index (χ4n) is 1.79. The van der Waals surface area contributed by atoms with Gasteiger partial charge in [0.2, 0.25) is 0 Å². The molecule has 0 saturated carbocycles. The molecule has 0 aromatic heterocycles. The third kappa shape index (κ3) is 13.2. The standard InChI is InChI=1S/C9H21P.C3H5.BrH.Pd/c1-7(2)10(8(3)4)9(5)6;1-3-2;;/h7-9H,1-6H3;3H,1-2H2;1H;/q;;;+1/p-1. The van der Waals surface area contributed by atoms with Gasteiger partial charge in [-0.2, -0.15) is 0 Å². The number of rotatable bonds is 4. The van der Waals surface area contributed by atoms with E-state index in [-0.39, 0.29) is 24.9 Å². The normalized spacial score (nSPS) is 10.1. The molecule has 0 amide bonds. The summed E-state index contributed by atoms with van der Waals surface area (Å²) in [5.74, 6) is 0. The van der Waals surface area contributed by atoms with Crippen molar-refractivity contribution in [1.82, 2.24) is 0 Å². The fraction of sp³-hybridized carbons (Fsp3) is 0.833. The SMILES string of the molecule is C=C[CH2][Pd+].CC(C)P(C(C)C)C(C)C.[Br-]. The molecule has 3 heteroatoms. The van der Waals surface area contributed by atoms with Crippen molar-refractivity contribution in [3.05, 3.63) is 12.7 Å². The largest absolute Gasteiger partial charge is 1.00 e. The summed E-state index contributed by atoms with van der Waals surface area (Å²) in [6.45, 7) is 17.6. The average Bonchev–Trinajstić information content (AvgIpc) is 2.02. The van der Waals surface area contributed by atoms with E-state index in [1.807, 2.05) is 6.08 Å². The summed E-state index contributed by atoms with van der Waals surface area (Å²) in [7, 11) is 0.262. The van der Waals surface area contributed by atoms with E-state index in [1.54, 1.807) is 0 Å². The molecule has 0 fully saturated rings. The van der Waals surface area contributed by atoms with Crippen LogP contribution in [0.3, 0.4) is 0 Å². The van der Waals surface area contributed by atoms with E-state index in [9.17, 15) is 0 Å². The van der Waals surface area contributed by atoms with Gasteiger partial charge in [-0.1, -0.05) is 49.5 Å². The summed E-state index contributed by atoms with van der Waals surface area (Å²) < 4.78 is 0. The van der Waals surface area contributed by atoms with Crippen molar-refractivity contribution in [2.24, 2.45) is 0 Å². The van der Waals surface area contributed by atoms with Crippen molar-refractivity contribution in [2.75, 3.05) is 0 Å². The van der Waals surface area contributed by atoms with Gasteiger partial charge in [-0.25, -0.2) is 0 Å². The Balaban J connectivity index is -0.000000249. The van der Waals surface area contributed by atoms with Gasteiger partial charge >= 0.3 is 36.8 Å².